The first kappa shape index (κ1) is 15.3. The molecular weight excluding hydrogens is 272 g/mol. The minimum atomic E-state index is -3.54. The van der Waals surface area contributed by atoms with Gasteiger partial charge in [0.15, 0.2) is 0 Å². The fourth-order valence-corrected chi connectivity index (χ4v) is 3.93. The van der Waals surface area contributed by atoms with E-state index in [1.807, 2.05) is 13.2 Å². The van der Waals surface area contributed by atoms with Gasteiger partial charge in [-0.05, 0) is 18.7 Å². The lowest BCUT2D eigenvalue weighted by Crippen LogP contribution is -2.38. The first-order valence-corrected chi connectivity index (χ1v) is 8.42. The normalized spacial score (nSPS) is 13.8. The molecule has 18 heavy (non-hydrogen) atoms. The fourth-order valence-electron chi connectivity index (χ4n) is 1.59. The van der Waals surface area contributed by atoms with E-state index in [-0.39, 0.29) is 16.5 Å². The molecule has 1 aromatic heterocycles. The van der Waals surface area contributed by atoms with E-state index in [9.17, 15) is 13.2 Å². The van der Waals surface area contributed by atoms with Crippen molar-refractivity contribution in [2.45, 2.75) is 24.3 Å². The second-order valence-electron chi connectivity index (χ2n) is 3.93. The van der Waals surface area contributed by atoms with Crippen LogP contribution in [0, 0.1) is 0 Å². The third kappa shape index (κ3) is 3.37. The predicted octanol–water partition coefficient (Wildman–Crippen LogP) is 1.14. The largest absolute Gasteiger partial charge is 0.328 e. The van der Waals surface area contributed by atoms with Gasteiger partial charge in [0.2, 0.25) is 15.6 Å². The lowest BCUT2D eigenvalue weighted by molar-refractivity contribution is 0.385. The quantitative estimate of drug-likeness (QED) is 0.853. The standard InChI is InChI=1S/C11H18N2O3S2/c1-4-9(8-17-3)13(2)18(15,16)10-5-6-11(14)12-7-10/h5-7,9H,4,8H2,1-3H3,(H,12,14). The molecule has 0 aromatic carbocycles. The topological polar surface area (TPSA) is 70.2 Å². The maximum atomic E-state index is 12.3. The van der Waals surface area contributed by atoms with Gasteiger partial charge in [0.25, 0.3) is 0 Å². The highest BCUT2D eigenvalue weighted by atomic mass is 32.2. The van der Waals surface area contributed by atoms with Crippen LogP contribution in [0.3, 0.4) is 0 Å². The third-order valence-corrected chi connectivity index (χ3v) is 5.40. The van der Waals surface area contributed by atoms with Gasteiger partial charge in [-0.25, -0.2) is 8.42 Å². The summed E-state index contributed by atoms with van der Waals surface area (Å²) >= 11 is 1.61. The van der Waals surface area contributed by atoms with Gasteiger partial charge in [0.1, 0.15) is 0 Å². The smallest absolute Gasteiger partial charge is 0.247 e. The highest BCUT2D eigenvalue weighted by Crippen LogP contribution is 2.18. The molecule has 0 bridgehead atoms. The summed E-state index contributed by atoms with van der Waals surface area (Å²) in [6, 6.07) is 2.50. The van der Waals surface area contributed by atoms with Crippen molar-refractivity contribution < 1.29 is 8.42 Å². The van der Waals surface area contributed by atoms with Crippen molar-refractivity contribution in [1.29, 1.82) is 0 Å². The zero-order valence-electron chi connectivity index (χ0n) is 10.7. The molecule has 5 nitrogen and oxygen atoms in total. The van der Waals surface area contributed by atoms with Crippen molar-refractivity contribution >= 4 is 21.8 Å². The average molecular weight is 290 g/mol. The summed E-state index contributed by atoms with van der Waals surface area (Å²) in [5.74, 6) is 0.746. The molecule has 0 aliphatic carbocycles. The number of nitrogens with one attached hydrogen (secondary N) is 1. The molecule has 0 saturated heterocycles. The Hall–Kier alpha value is -0.790. The molecule has 1 heterocycles. The molecule has 7 heteroatoms. The number of hydrogen-bond acceptors (Lipinski definition) is 4. The van der Waals surface area contributed by atoms with Crippen LogP contribution < -0.4 is 5.56 Å². The molecule has 1 N–H and O–H groups in total. The molecular formula is C11H18N2O3S2. The second-order valence-corrected chi connectivity index (χ2v) is 6.84. The minimum absolute atomic E-state index is 0.0445. The SMILES string of the molecule is CCC(CSC)N(C)S(=O)(=O)c1ccc(=O)[nH]c1. The van der Waals surface area contributed by atoms with E-state index in [0.717, 1.165) is 12.2 Å². The van der Waals surface area contributed by atoms with Crippen LogP contribution in [0.15, 0.2) is 28.0 Å². The van der Waals surface area contributed by atoms with Crippen LogP contribution in [0.1, 0.15) is 13.3 Å². The number of sulfonamides is 1. The number of nitrogens with zero attached hydrogens (tertiary/aromatic N) is 1. The first-order valence-electron chi connectivity index (χ1n) is 5.59. The summed E-state index contributed by atoms with van der Waals surface area (Å²) in [5.41, 5.74) is -0.312. The van der Waals surface area contributed by atoms with Gasteiger partial charge < -0.3 is 4.98 Å². The van der Waals surface area contributed by atoms with Crippen molar-refractivity contribution in [2.24, 2.45) is 0 Å². The first-order chi connectivity index (χ1) is 8.43. The van der Waals surface area contributed by atoms with Gasteiger partial charge in [-0.15, -0.1) is 0 Å². The fraction of sp³-hybridized carbons (Fsp3) is 0.545. The third-order valence-electron chi connectivity index (χ3n) is 2.78. The molecule has 0 radical (unpaired) electrons. The van der Waals surface area contributed by atoms with Crippen LogP contribution in [-0.2, 0) is 10.0 Å². The monoisotopic (exact) mass is 290 g/mol. The summed E-state index contributed by atoms with van der Waals surface area (Å²) in [5, 5.41) is 0. The van der Waals surface area contributed by atoms with Gasteiger partial charge in [0, 0.05) is 31.1 Å². The molecule has 102 valence electrons. The molecule has 1 atom stereocenters. The Labute approximate surface area is 112 Å². The van der Waals surface area contributed by atoms with Gasteiger partial charge in [0.05, 0.1) is 4.90 Å². The maximum absolute atomic E-state index is 12.3. The van der Waals surface area contributed by atoms with E-state index in [4.69, 9.17) is 0 Å². The second kappa shape index (κ2) is 6.40. The lowest BCUT2D eigenvalue weighted by Gasteiger charge is -2.25. The van der Waals surface area contributed by atoms with Gasteiger partial charge >= 0.3 is 0 Å². The number of aromatic amines is 1. The molecule has 0 spiro atoms. The molecule has 0 saturated carbocycles. The van der Waals surface area contributed by atoms with E-state index < -0.39 is 10.0 Å². The maximum Gasteiger partial charge on any atom is 0.247 e. The number of pyridine rings is 1. The summed E-state index contributed by atoms with van der Waals surface area (Å²) < 4.78 is 26.0. The van der Waals surface area contributed by atoms with E-state index in [1.54, 1.807) is 18.8 Å². The van der Waals surface area contributed by atoms with Gasteiger partial charge in [-0.3, -0.25) is 4.79 Å². The van der Waals surface area contributed by atoms with Gasteiger partial charge in [-0.2, -0.15) is 16.1 Å². The van der Waals surface area contributed by atoms with Crippen LogP contribution >= 0.6 is 11.8 Å². The number of thioether (sulfide) groups is 1. The molecule has 0 fully saturated rings. The highest BCUT2D eigenvalue weighted by molar-refractivity contribution is 7.98. The number of hydrogen-bond donors (Lipinski definition) is 1. The Bertz CT molecular complexity index is 519. The number of H-pyrrole nitrogens is 1. The van der Waals surface area contributed by atoms with E-state index in [1.165, 1.54) is 22.6 Å². The Balaban J connectivity index is 3.05. The Morgan fingerprint density at radius 2 is 2.11 bits per heavy atom. The Kier molecular flexibility index (Phi) is 5.43. The van der Waals surface area contributed by atoms with Crippen molar-refractivity contribution in [1.82, 2.24) is 9.29 Å². The summed E-state index contributed by atoms with van der Waals surface area (Å²) in [7, 11) is -1.97. The van der Waals surface area contributed by atoms with Crippen LogP contribution in [0.25, 0.3) is 0 Å². The summed E-state index contributed by atoms with van der Waals surface area (Å²) in [6.07, 6.45) is 3.93. The zero-order valence-corrected chi connectivity index (χ0v) is 12.3. The van der Waals surface area contributed by atoms with Gasteiger partial charge in [-0.1, -0.05) is 6.92 Å². The number of rotatable bonds is 6. The molecule has 0 aliphatic rings. The van der Waals surface area contributed by atoms with E-state index >= 15 is 0 Å². The van der Waals surface area contributed by atoms with Crippen LogP contribution in [0.4, 0.5) is 0 Å². The van der Waals surface area contributed by atoms with Crippen LogP contribution in [-0.4, -0.2) is 42.8 Å². The minimum Gasteiger partial charge on any atom is -0.328 e. The van der Waals surface area contributed by atoms with Crippen LogP contribution in [0.5, 0.6) is 0 Å². The van der Waals surface area contributed by atoms with Crippen molar-refractivity contribution in [2.75, 3.05) is 19.1 Å². The Morgan fingerprint density at radius 1 is 1.44 bits per heavy atom. The average Bonchev–Trinajstić information content (AvgIpc) is 2.35. The highest BCUT2D eigenvalue weighted by Gasteiger charge is 2.26. The van der Waals surface area contributed by atoms with Crippen molar-refractivity contribution in [3.8, 4) is 0 Å². The van der Waals surface area contributed by atoms with Crippen LogP contribution in [0.2, 0.25) is 0 Å². The zero-order chi connectivity index (χ0) is 13.8. The molecule has 0 aliphatic heterocycles. The number of aromatic nitrogens is 1. The lowest BCUT2D eigenvalue weighted by atomic mass is 10.3. The predicted molar refractivity (Wildman–Crippen MR) is 74.5 cm³/mol. The summed E-state index contributed by atoms with van der Waals surface area (Å²) in [6.45, 7) is 1.96. The van der Waals surface area contributed by atoms with E-state index in [2.05, 4.69) is 4.98 Å². The molecule has 1 rings (SSSR count). The Morgan fingerprint density at radius 3 is 2.56 bits per heavy atom. The molecule has 1 aromatic rings. The van der Waals surface area contributed by atoms with Crippen molar-refractivity contribution in [3.05, 3.63) is 28.7 Å². The molecule has 1 unspecified atom stereocenters. The van der Waals surface area contributed by atoms with E-state index in [0.29, 0.717) is 0 Å². The summed E-state index contributed by atoms with van der Waals surface area (Å²) in [4.78, 5) is 13.4. The van der Waals surface area contributed by atoms with Crippen molar-refractivity contribution in [3.63, 3.8) is 0 Å². The molecule has 0 amide bonds.